The lowest BCUT2D eigenvalue weighted by molar-refractivity contribution is 0.0699. The fourth-order valence-electron chi connectivity index (χ4n) is 2.04. The van der Waals surface area contributed by atoms with Gasteiger partial charge >= 0.3 is 5.97 Å². The maximum absolute atomic E-state index is 11.2. The average Bonchev–Trinajstić information content (AvgIpc) is 2.67. The van der Waals surface area contributed by atoms with E-state index in [1.165, 1.54) is 7.11 Å². The van der Waals surface area contributed by atoms with Crippen LogP contribution >= 0.6 is 11.6 Å². The maximum Gasteiger partial charge on any atom is 0.337 e. The van der Waals surface area contributed by atoms with Gasteiger partial charge in [0.15, 0.2) is 0 Å². The highest BCUT2D eigenvalue weighted by Crippen LogP contribution is 2.32. The summed E-state index contributed by atoms with van der Waals surface area (Å²) in [4.78, 5) is 11.2. The Labute approximate surface area is 110 Å². The Kier molecular flexibility index (Phi) is 3.48. The largest absolute Gasteiger partial charge is 0.495 e. The van der Waals surface area contributed by atoms with Crippen molar-refractivity contribution in [3.8, 4) is 5.75 Å². The third-order valence-electron chi connectivity index (χ3n) is 2.85. The molecule has 0 aliphatic rings. The number of benzene rings is 1. The first-order valence-electron chi connectivity index (χ1n) is 5.68. The second-order valence-corrected chi connectivity index (χ2v) is 4.45. The van der Waals surface area contributed by atoms with Gasteiger partial charge in [0.05, 0.1) is 23.2 Å². The monoisotopic (exact) mass is 267 g/mol. The molecule has 0 bridgehead atoms. The Bertz CT molecular complexity index is 604. The van der Waals surface area contributed by atoms with E-state index in [0.717, 1.165) is 18.5 Å². The highest BCUT2D eigenvalue weighted by Gasteiger charge is 2.16. The van der Waals surface area contributed by atoms with Gasteiger partial charge in [-0.25, -0.2) is 4.79 Å². The minimum atomic E-state index is -0.945. The molecule has 0 unspecified atom stereocenters. The second-order valence-electron chi connectivity index (χ2n) is 4.05. The molecule has 0 atom stereocenters. The van der Waals surface area contributed by atoms with Crippen LogP contribution in [-0.2, 0) is 6.54 Å². The zero-order valence-corrected chi connectivity index (χ0v) is 11.0. The van der Waals surface area contributed by atoms with Gasteiger partial charge in [-0.1, -0.05) is 18.5 Å². The topological polar surface area (TPSA) is 51.5 Å². The van der Waals surface area contributed by atoms with Gasteiger partial charge in [-0.05, 0) is 18.6 Å². The lowest BCUT2D eigenvalue weighted by atomic mass is 10.1. The van der Waals surface area contributed by atoms with Gasteiger partial charge in [0.1, 0.15) is 5.75 Å². The Balaban J connectivity index is 2.74. The summed E-state index contributed by atoms with van der Waals surface area (Å²) in [7, 11) is 1.51. The number of fused-ring (bicyclic) bond motifs is 1. The first-order valence-corrected chi connectivity index (χ1v) is 6.06. The number of rotatable bonds is 4. The molecule has 0 radical (unpaired) electrons. The molecule has 0 fully saturated rings. The molecule has 1 aromatic heterocycles. The predicted octanol–water partition coefficient (Wildman–Crippen LogP) is 3.41. The number of methoxy groups -OCH3 is 1. The lowest BCUT2D eigenvalue weighted by Gasteiger charge is -2.06. The molecule has 1 N–H and O–H groups in total. The van der Waals surface area contributed by atoms with Crippen molar-refractivity contribution in [2.45, 2.75) is 19.9 Å². The van der Waals surface area contributed by atoms with Crippen molar-refractivity contribution in [1.82, 2.24) is 4.57 Å². The number of aryl methyl sites for hydroxylation is 1. The molecule has 18 heavy (non-hydrogen) atoms. The van der Waals surface area contributed by atoms with Crippen LogP contribution in [0.1, 0.15) is 23.7 Å². The maximum atomic E-state index is 11.2. The summed E-state index contributed by atoms with van der Waals surface area (Å²) in [5, 5.41) is 10.3. The first kappa shape index (κ1) is 12.8. The molecular formula is C13H14ClNO3. The number of hydrogen-bond donors (Lipinski definition) is 1. The second kappa shape index (κ2) is 4.90. The highest BCUT2D eigenvalue weighted by atomic mass is 35.5. The summed E-state index contributed by atoms with van der Waals surface area (Å²) in [5.41, 5.74) is 1.09. The number of ether oxygens (including phenoxy) is 1. The van der Waals surface area contributed by atoms with Gasteiger partial charge in [-0.15, -0.1) is 0 Å². The Morgan fingerprint density at radius 2 is 2.22 bits per heavy atom. The first-order chi connectivity index (χ1) is 8.58. The van der Waals surface area contributed by atoms with Gasteiger partial charge in [0.2, 0.25) is 0 Å². The van der Waals surface area contributed by atoms with Gasteiger partial charge in [0.25, 0.3) is 0 Å². The fourth-order valence-corrected chi connectivity index (χ4v) is 2.28. The van der Waals surface area contributed by atoms with E-state index in [0.29, 0.717) is 16.2 Å². The van der Waals surface area contributed by atoms with E-state index in [1.807, 2.05) is 11.5 Å². The summed E-state index contributed by atoms with van der Waals surface area (Å²) in [6.07, 6.45) is 2.57. The number of carbonyl (C=O) groups is 1. The van der Waals surface area contributed by atoms with E-state index in [-0.39, 0.29) is 5.56 Å². The van der Waals surface area contributed by atoms with Crippen LogP contribution in [0.5, 0.6) is 5.75 Å². The van der Waals surface area contributed by atoms with Crippen LogP contribution in [-0.4, -0.2) is 22.8 Å². The molecule has 5 heteroatoms. The van der Waals surface area contributed by atoms with E-state index >= 15 is 0 Å². The van der Waals surface area contributed by atoms with Gasteiger partial charge in [0, 0.05) is 18.1 Å². The van der Waals surface area contributed by atoms with Crippen LogP contribution in [0.25, 0.3) is 10.9 Å². The third-order valence-corrected chi connectivity index (χ3v) is 3.14. The van der Waals surface area contributed by atoms with Crippen molar-refractivity contribution in [1.29, 1.82) is 0 Å². The van der Waals surface area contributed by atoms with Crippen molar-refractivity contribution >= 4 is 28.5 Å². The minimum Gasteiger partial charge on any atom is -0.495 e. The Hall–Kier alpha value is -1.68. The van der Waals surface area contributed by atoms with E-state index < -0.39 is 5.97 Å². The molecule has 2 aromatic rings. The van der Waals surface area contributed by atoms with Crippen molar-refractivity contribution < 1.29 is 14.6 Å². The number of hydrogen-bond acceptors (Lipinski definition) is 2. The smallest absolute Gasteiger partial charge is 0.337 e. The zero-order valence-electron chi connectivity index (χ0n) is 10.2. The van der Waals surface area contributed by atoms with Crippen molar-refractivity contribution in [2.24, 2.45) is 0 Å². The van der Waals surface area contributed by atoms with Gasteiger partial charge in [-0.3, -0.25) is 0 Å². The quantitative estimate of drug-likeness (QED) is 0.923. The van der Waals surface area contributed by atoms with E-state index in [4.69, 9.17) is 16.3 Å². The number of aromatic carboxylic acids is 1. The van der Waals surface area contributed by atoms with Crippen LogP contribution in [0.4, 0.5) is 0 Å². The molecule has 96 valence electrons. The molecule has 0 aliphatic heterocycles. The molecular weight excluding hydrogens is 254 g/mol. The normalized spacial score (nSPS) is 10.8. The molecule has 0 saturated heterocycles. The molecule has 0 amide bonds. The number of halogens is 1. The molecule has 1 heterocycles. The van der Waals surface area contributed by atoms with E-state index in [1.54, 1.807) is 18.3 Å². The summed E-state index contributed by atoms with van der Waals surface area (Å²) in [6.45, 7) is 2.80. The summed E-state index contributed by atoms with van der Waals surface area (Å²) in [5.74, 6) is -0.458. The van der Waals surface area contributed by atoms with E-state index in [2.05, 4.69) is 0 Å². The van der Waals surface area contributed by atoms with E-state index in [9.17, 15) is 9.90 Å². The number of nitrogens with zero attached hydrogens (tertiary/aromatic N) is 1. The Morgan fingerprint density at radius 3 is 2.78 bits per heavy atom. The van der Waals surface area contributed by atoms with Crippen LogP contribution in [0.3, 0.4) is 0 Å². The van der Waals surface area contributed by atoms with Crippen LogP contribution in [0.2, 0.25) is 5.02 Å². The Morgan fingerprint density at radius 1 is 1.50 bits per heavy atom. The molecule has 1 aromatic carbocycles. The molecule has 2 rings (SSSR count). The van der Waals surface area contributed by atoms with Crippen molar-refractivity contribution in [3.05, 3.63) is 28.9 Å². The number of carboxylic acid groups (broad SMARTS) is 1. The molecule has 4 nitrogen and oxygen atoms in total. The van der Waals surface area contributed by atoms with Gasteiger partial charge in [-0.2, -0.15) is 0 Å². The van der Waals surface area contributed by atoms with Crippen LogP contribution in [0, 0.1) is 0 Å². The standard InChI is InChI=1S/C13H14ClNO3/c1-3-4-15-7-9(13(16)17)8-5-12(18-2)10(14)6-11(8)15/h5-7H,3-4H2,1-2H3,(H,16,17). The third kappa shape index (κ3) is 2.04. The lowest BCUT2D eigenvalue weighted by Crippen LogP contribution is -1.96. The summed E-state index contributed by atoms with van der Waals surface area (Å²) < 4.78 is 7.03. The summed E-state index contributed by atoms with van der Waals surface area (Å²) >= 11 is 6.08. The average molecular weight is 268 g/mol. The minimum absolute atomic E-state index is 0.272. The summed E-state index contributed by atoms with van der Waals surface area (Å²) in [6, 6.07) is 3.42. The molecule has 0 aliphatic carbocycles. The molecule has 0 saturated carbocycles. The number of aromatic nitrogens is 1. The van der Waals surface area contributed by atoms with Gasteiger partial charge < -0.3 is 14.4 Å². The fraction of sp³-hybridized carbons (Fsp3) is 0.308. The number of carboxylic acids is 1. The van der Waals surface area contributed by atoms with Crippen LogP contribution < -0.4 is 4.74 Å². The zero-order chi connectivity index (χ0) is 13.3. The van der Waals surface area contributed by atoms with Crippen LogP contribution in [0.15, 0.2) is 18.3 Å². The highest BCUT2D eigenvalue weighted by molar-refractivity contribution is 6.33. The van der Waals surface area contributed by atoms with Crippen molar-refractivity contribution in [3.63, 3.8) is 0 Å². The SMILES string of the molecule is CCCn1cc(C(=O)O)c2cc(OC)c(Cl)cc21. The predicted molar refractivity (Wildman–Crippen MR) is 70.8 cm³/mol. The molecule has 0 spiro atoms. The van der Waals surface area contributed by atoms with Crippen molar-refractivity contribution in [2.75, 3.05) is 7.11 Å².